The van der Waals surface area contributed by atoms with Crippen LogP contribution < -0.4 is 0 Å². The minimum absolute atomic E-state index is 0.0837. The van der Waals surface area contributed by atoms with Gasteiger partial charge in [0.15, 0.2) is 0 Å². The molecular weight excluding hydrogens is 345 g/mol. The van der Waals surface area contributed by atoms with E-state index in [2.05, 4.69) is 4.98 Å². The van der Waals surface area contributed by atoms with Gasteiger partial charge < -0.3 is 9.64 Å². The van der Waals surface area contributed by atoms with Crippen molar-refractivity contribution in [1.29, 1.82) is 0 Å². The highest BCUT2D eigenvalue weighted by atomic mass is 19.4. The molecule has 1 amide bonds. The highest BCUT2D eigenvalue weighted by Gasteiger charge is 2.47. The summed E-state index contributed by atoms with van der Waals surface area (Å²) in [6.07, 6.45) is 0.664. The van der Waals surface area contributed by atoms with E-state index in [4.69, 9.17) is 4.74 Å². The molecule has 1 aromatic heterocycles. The van der Waals surface area contributed by atoms with E-state index in [1.54, 1.807) is 11.0 Å². The average molecular weight is 370 g/mol. The maximum Gasteiger partial charge on any atom is 0.433 e. The van der Waals surface area contributed by atoms with Crippen molar-refractivity contribution in [3.63, 3.8) is 0 Å². The summed E-state index contributed by atoms with van der Waals surface area (Å²) in [5.74, 6) is 0.0837. The van der Waals surface area contributed by atoms with Crippen molar-refractivity contribution in [3.8, 4) is 0 Å². The number of halogens is 3. The Bertz CT molecular complexity index is 632. The number of nitrogens with zero attached hydrogens (tertiary/aromatic N) is 2. The molecule has 1 aromatic rings. The van der Waals surface area contributed by atoms with Crippen molar-refractivity contribution >= 4 is 6.09 Å². The monoisotopic (exact) mass is 370 g/mol. The minimum atomic E-state index is -4.40. The van der Waals surface area contributed by atoms with E-state index >= 15 is 0 Å². The summed E-state index contributed by atoms with van der Waals surface area (Å²) >= 11 is 0. The van der Waals surface area contributed by atoms with Crippen molar-refractivity contribution < 1.29 is 22.7 Å². The lowest BCUT2D eigenvalue weighted by molar-refractivity contribution is -0.141. The first-order chi connectivity index (χ1) is 12.3. The van der Waals surface area contributed by atoms with Gasteiger partial charge in [-0.3, -0.25) is 0 Å². The van der Waals surface area contributed by atoms with Crippen LogP contribution in [-0.2, 0) is 10.9 Å². The van der Waals surface area contributed by atoms with Crippen LogP contribution in [0.1, 0.15) is 62.8 Å². The second-order valence-electron chi connectivity index (χ2n) is 7.51. The summed E-state index contributed by atoms with van der Waals surface area (Å²) < 4.78 is 43.7. The zero-order chi connectivity index (χ0) is 18.8. The first kappa shape index (κ1) is 19.0. The number of carbonyl (C=O) groups excluding carboxylic acids is 1. The molecule has 1 spiro atoms. The van der Waals surface area contributed by atoms with Gasteiger partial charge in [-0.15, -0.1) is 0 Å². The zero-order valence-electron chi connectivity index (χ0n) is 15.0. The standard InChI is InChI=1S/C19H25F3N2O2/c1-2-3-11-26-17(25)24-9-7-18(8-10-24)12-14(13-18)15-5-4-6-16(23-15)19(20,21)22/h4-6,14H,2-3,7-13H2,1H3. The lowest BCUT2D eigenvalue weighted by Gasteiger charge is -2.52. The summed E-state index contributed by atoms with van der Waals surface area (Å²) in [5.41, 5.74) is -0.145. The van der Waals surface area contributed by atoms with Crippen LogP contribution in [0.2, 0.25) is 0 Å². The zero-order valence-corrected chi connectivity index (χ0v) is 15.0. The first-order valence-corrected chi connectivity index (χ1v) is 9.29. The van der Waals surface area contributed by atoms with Crippen LogP contribution in [0.25, 0.3) is 0 Å². The molecule has 1 saturated carbocycles. The number of carbonyl (C=O) groups is 1. The van der Waals surface area contributed by atoms with E-state index in [9.17, 15) is 18.0 Å². The fraction of sp³-hybridized carbons (Fsp3) is 0.684. The van der Waals surface area contributed by atoms with Crippen molar-refractivity contribution in [3.05, 3.63) is 29.6 Å². The molecule has 2 fully saturated rings. The van der Waals surface area contributed by atoms with Crippen LogP contribution in [-0.4, -0.2) is 35.7 Å². The molecule has 7 heteroatoms. The first-order valence-electron chi connectivity index (χ1n) is 9.29. The number of pyridine rings is 1. The Morgan fingerprint density at radius 1 is 1.31 bits per heavy atom. The molecule has 0 atom stereocenters. The maximum absolute atomic E-state index is 12.8. The molecule has 3 rings (SSSR count). The molecule has 4 nitrogen and oxygen atoms in total. The lowest BCUT2D eigenvalue weighted by Crippen LogP contribution is -2.48. The van der Waals surface area contributed by atoms with Gasteiger partial charge in [-0.1, -0.05) is 19.4 Å². The number of likely N-dealkylation sites (tertiary alicyclic amines) is 1. The van der Waals surface area contributed by atoms with E-state index in [0.717, 1.165) is 44.6 Å². The normalized spacial score (nSPS) is 20.1. The number of unbranched alkanes of at least 4 members (excludes halogenated alkanes) is 1. The Kier molecular flexibility index (Phi) is 5.44. The maximum atomic E-state index is 12.8. The quantitative estimate of drug-likeness (QED) is 0.701. The third kappa shape index (κ3) is 4.13. The second kappa shape index (κ2) is 7.45. The fourth-order valence-electron chi connectivity index (χ4n) is 4.00. The fourth-order valence-corrected chi connectivity index (χ4v) is 4.00. The molecule has 144 valence electrons. The van der Waals surface area contributed by atoms with Crippen molar-refractivity contribution in [2.45, 2.75) is 57.5 Å². The summed E-state index contributed by atoms with van der Waals surface area (Å²) in [5, 5.41) is 0. The SMILES string of the molecule is CCCCOC(=O)N1CCC2(CC1)CC(c1cccc(C(F)(F)F)n1)C2. The summed E-state index contributed by atoms with van der Waals surface area (Å²) in [6.45, 7) is 3.83. The number of alkyl halides is 3. The van der Waals surface area contributed by atoms with Crippen LogP contribution in [0, 0.1) is 5.41 Å². The lowest BCUT2D eigenvalue weighted by atomic mass is 9.57. The van der Waals surface area contributed by atoms with Crippen molar-refractivity contribution in [1.82, 2.24) is 9.88 Å². The van der Waals surface area contributed by atoms with Gasteiger partial charge in [0.05, 0.1) is 6.61 Å². The smallest absolute Gasteiger partial charge is 0.433 e. The molecule has 0 bridgehead atoms. The van der Waals surface area contributed by atoms with Crippen LogP contribution in [0.4, 0.5) is 18.0 Å². The van der Waals surface area contributed by atoms with Gasteiger partial charge in [0.1, 0.15) is 5.69 Å². The number of piperidine rings is 1. The Morgan fingerprint density at radius 2 is 2.00 bits per heavy atom. The predicted molar refractivity (Wildman–Crippen MR) is 90.7 cm³/mol. The summed E-state index contributed by atoms with van der Waals surface area (Å²) in [7, 11) is 0. The molecular formula is C19H25F3N2O2. The van der Waals surface area contributed by atoms with Gasteiger partial charge in [-0.05, 0) is 49.7 Å². The number of hydrogen-bond acceptors (Lipinski definition) is 3. The Balaban J connectivity index is 1.50. The van der Waals surface area contributed by atoms with E-state index in [1.807, 2.05) is 6.92 Å². The highest BCUT2D eigenvalue weighted by Crippen LogP contribution is 2.56. The third-order valence-electron chi connectivity index (χ3n) is 5.64. The Labute approximate surface area is 151 Å². The van der Waals surface area contributed by atoms with E-state index < -0.39 is 11.9 Å². The third-order valence-corrected chi connectivity index (χ3v) is 5.64. The molecule has 1 aliphatic heterocycles. The van der Waals surface area contributed by atoms with Crippen LogP contribution in [0.15, 0.2) is 18.2 Å². The number of rotatable bonds is 4. The Morgan fingerprint density at radius 3 is 2.62 bits per heavy atom. The molecule has 0 unspecified atom stereocenters. The number of amides is 1. The van der Waals surface area contributed by atoms with E-state index in [0.29, 0.717) is 25.4 Å². The van der Waals surface area contributed by atoms with Crippen LogP contribution >= 0.6 is 0 Å². The van der Waals surface area contributed by atoms with Gasteiger partial charge in [0.25, 0.3) is 0 Å². The average Bonchev–Trinajstić information content (AvgIpc) is 2.59. The van der Waals surface area contributed by atoms with Crippen LogP contribution in [0.3, 0.4) is 0 Å². The highest BCUT2D eigenvalue weighted by molar-refractivity contribution is 5.67. The molecule has 1 aliphatic carbocycles. The largest absolute Gasteiger partial charge is 0.449 e. The van der Waals surface area contributed by atoms with Gasteiger partial charge in [0, 0.05) is 24.7 Å². The molecule has 2 aliphatic rings. The Hall–Kier alpha value is -1.79. The van der Waals surface area contributed by atoms with E-state index in [-0.39, 0.29) is 17.4 Å². The van der Waals surface area contributed by atoms with E-state index in [1.165, 1.54) is 6.07 Å². The molecule has 26 heavy (non-hydrogen) atoms. The second-order valence-corrected chi connectivity index (χ2v) is 7.51. The van der Waals surface area contributed by atoms with Gasteiger partial charge in [0.2, 0.25) is 0 Å². The molecule has 0 aromatic carbocycles. The number of hydrogen-bond donors (Lipinski definition) is 0. The van der Waals surface area contributed by atoms with Gasteiger partial charge >= 0.3 is 12.3 Å². The number of aromatic nitrogens is 1. The summed E-state index contributed by atoms with van der Waals surface area (Å²) in [4.78, 5) is 17.6. The summed E-state index contributed by atoms with van der Waals surface area (Å²) in [6, 6.07) is 4.14. The molecule has 0 radical (unpaired) electrons. The molecule has 1 saturated heterocycles. The predicted octanol–water partition coefficient (Wildman–Crippen LogP) is 5.00. The van der Waals surface area contributed by atoms with Crippen LogP contribution in [0.5, 0.6) is 0 Å². The van der Waals surface area contributed by atoms with Gasteiger partial charge in [-0.25, -0.2) is 9.78 Å². The molecule has 0 N–H and O–H groups in total. The van der Waals surface area contributed by atoms with Crippen molar-refractivity contribution in [2.24, 2.45) is 5.41 Å². The number of ether oxygens (including phenoxy) is 1. The van der Waals surface area contributed by atoms with Crippen molar-refractivity contribution in [2.75, 3.05) is 19.7 Å². The van der Waals surface area contributed by atoms with Gasteiger partial charge in [-0.2, -0.15) is 13.2 Å². The minimum Gasteiger partial charge on any atom is -0.449 e. The molecule has 2 heterocycles. The topological polar surface area (TPSA) is 42.4 Å².